The second kappa shape index (κ2) is 17.2. The topological polar surface area (TPSA) is 134 Å². The smallest absolute Gasteiger partial charge is 0.253 e. The van der Waals surface area contributed by atoms with Crippen molar-refractivity contribution >= 4 is 47.4 Å². The third-order valence-electron chi connectivity index (χ3n) is 8.55. The lowest BCUT2D eigenvalue weighted by Gasteiger charge is -2.30. The summed E-state index contributed by atoms with van der Waals surface area (Å²) in [4.78, 5) is 64.2. The molecule has 0 unspecified atom stereocenters. The van der Waals surface area contributed by atoms with Crippen molar-refractivity contribution in [2.24, 2.45) is 0 Å². The molecule has 0 aliphatic carbocycles. The molecular formula is C38H48N4O7. The van der Waals surface area contributed by atoms with E-state index >= 15 is 0 Å². The zero-order valence-corrected chi connectivity index (χ0v) is 29.0. The van der Waals surface area contributed by atoms with Crippen molar-refractivity contribution in [3.8, 4) is 0 Å². The fourth-order valence-corrected chi connectivity index (χ4v) is 5.51. The largest absolute Gasteiger partial charge is 0.375 e. The molecule has 0 spiro atoms. The molecule has 49 heavy (non-hydrogen) atoms. The Bertz CT molecular complexity index is 1560. The normalized spacial score (nSPS) is 14.9. The lowest BCUT2D eigenvalue weighted by atomic mass is 10.0. The fraction of sp³-hybridized carbons (Fsp3) is 0.447. The van der Waals surface area contributed by atoms with Gasteiger partial charge >= 0.3 is 0 Å². The van der Waals surface area contributed by atoms with Gasteiger partial charge in [-0.15, -0.1) is 0 Å². The molecule has 0 bridgehead atoms. The number of hydrogen-bond acceptors (Lipinski definition) is 7. The summed E-state index contributed by atoms with van der Waals surface area (Å²) in [6, 6.07) is 15.9. The zero-order chi connectivity index (χ0) is 35.4. The number of hydrogen-bond donors (Lipinski definition) is 2. The van der Waals surface area contributed by atoms with E-state index in [-0.39, 0.29) is 50.1 Å². The second-order valence-corrected chi connectivity index (χ2v) is 13.4. The van der Waals surface area contributed by atoms with Gasteiger partial charge in [0.05, 0.1) is 36.6 Å². The number of benzene rings is 2. The zero-order valence-electron chi connectivity index (χ0n) is 29.0. The molecule has 4 rings (SSSR count). The molecule has 2 N–H and O–H groups in total. The summed E-state index contributed by atoms with van der Waals surface area (Å²) in [5, 5.41) is 5.64. The average Bonchev–Trinajstić information content (AvgIpc) is 3.38. The molecule has 0 aromatic heterocycles. The molecule has 2 aromatic carbocycles. The van der Waals surface area contributed by atoms with E-state index in [4.69, 9.17) is 9.47 Å². The van der Waals surface area contributed by atoms with Gasteiger partial charge < -0.3 is 25.0 Å². The maximum atomic E-state index is 13.4. The van der Waals surface area contributed by atoms with Crippen molar-refractivity contribution in [2.45, 2.75) is 77.5 Å². The molecule has 2 aliphatic heterocycles. The lowest BCUT2D eigenvalue weighted by molar-refractivity contribution is -0.137. The number of anilines is 1. The Morgan fingerprint density at radius 3 is 2.04 bits per heavy atom. The Labute approximate surface area is 288 Å². The first-order chi connectivity index (χ1) is 23.3. The SMILES string of the molecule is CC(C)(CCOC(C)(C)CCC(=O)NCCC(=O)N1Cc2ccccc2/C=C\c2ccccc21)OCCNC(=O)CCN1C(=O)C=CC1=O. The van der Waals surface area contributed by atoms with Crippen molar-refractivity contribution in [2.75, 3.05) is 37.7 Å². The summed E-state index contributed by atoms with van der Waals surface area (Å²) >= 11 is 0. The molecule has 11 nitrogen and oxygen atoms in total. The van der Waals surface area contributed by atoms with Gasteiger partial charge in [0.25, 0.3) is 11.8 Å². The Balaban J connectivity index is 1.11. The van der Waals surface area contributed by atoms with Gasteiger partial charge in [0, 0.05) is 51.0 Å². The lowest BCUT2D eigenvalue weighted by Crippen LogP contribution is -2.37. The van der Waals surface area contributed by atoms with Crippen LogP contribution in [0.15, 0.2) is 60.7 Å². The first-order valence-corrected chi connectivity index (χ1v) is 16.8. The predicted molar refractivity (Wildman–Crippen MR) is 188 cm³/mol. The van der Waals surface area contributed by atoms with Gasteiger partial charge in [-0.25, -0.2) is 0 Å². The van der Waals surface area contributed by atoms with Crippen LogP contribution in [0.25, 0.3) is 12.2 Å². The Morgan fingerprint density at radius 1 is 0.694 bits per heavy atom. The van der Waals surface area contributed by atoms with Gasteiger partial charge in [0.1, 0.15) is 0 Å². The van der Waals surface area contributed by atoms with E-state index in [0.29, 0.717) is 39.1 Å². The van der Waals surface area contributed by atoms with E-state index < -0.39 is 23.0 Å². The third kappa shape index (κ3) is 11.5. The van der Waals surface area contributed by atoms with Crippen LogP contribution in [0.4, 0.5) is 5.69 Å². The van der Waals surface area contributed by atoms with Gasteiger partial charge in [0.2, 0.25) is 17.7 Å². The van der Waals surface area contributed by atoms with Crippen molar-refractivity contribution in [1.29, 1.82) is 0 Å². The summed E-state index contributed by atoms with van der Waals surface area (Å²) in [6.45, 7) is 9.53. The number of rotatable bonds is 17. The first-order valence-electron chi connectivity index (χ1n) is 16.8. The number of para-hydroxylation sites is 1. The van der Waals surface area contributed by atoms with E-state index in [1.807, 2.05) is 82.3 Å². The number of amides is 5. The van der Waals surface area contributed by atoms with E-state index in [9.17, 15) is 24.0 Å². The monoisotopic (exact) mass is 672 g/mol. The Kier molecular flexibility index (Phi) is 13.0. The molecule has 262 valence electrons. The maximum absolute atomic E-state index is 13.4. The molecule has 11 heteroatoms. The van der Waals surface area contributed by atoms with Crippen molar-refractivity contribution in [3.63, 3.8) is 0 Å². The number of nitrogens with zero attached hydrogens (tertiary/aromatic N) is 2. The van der Waals surface area contributed by atoms with Crippen LogP contribution in [0.1, 0.15) is 76.5 Å². The Hall–Kier alpha value is -4.61. The highest BCUT2D eigenvalue weighted by atomic mass is 16.5. The minimum atomic E-state index is -0.542. The molecule has 5 amide bonds. The van der Waals surface area contributed by atoms with Gasteiger partial charge in [-0.3, -0.25) is 28.9 Å². The van der Waals surface area contributed by atoms with Crippen molar-refractivity contribution < 1.29 is 33.4 Å². The number of carbonyl (C=O) groups is 5. The summed E-state index contributed by atoms with van der Waals surface area (Å²) in [5.74, 6) is -1.27. The highest BCUT2D eigenvalue weighted by molar-refractivity contribution is 6.13. The summed E-state index contributed by atoms with van der Waals surface area (Å²) in [6.07, 6.45) is 8.09. The molecule has 0 saturated heterocycles. The van der Waals surface area contributed by atoms with Crippen LogP contribution < -0.4 is 15.5 Å². The molecular weight excluding hydrogens is 624 g/mol. The van der Waals surface area contributed by atoms with Crippen LogP contribution >= 0.6 is 0 Å². The number of imide groups is 1. The van der Waals surface area contributed by atoms with E-state index in [1.165, 1.54) is 12.2 Å². The van der Waals surface area contributed by atoms with Gasteiger partial charge in [-0.2, -0.15) is 0 Å². The fourth-order valence-electron chi connectivity index (χ4n) is 5.51. The van der Waals surface area contributed by atoms with Crippen LogP contribution in [-0.4, -0.2) is 78.5 Å². The van der Waals surface area contributed by atoms with Crippen LogP contribution in [0.5, 0.6) is 0 Å². The first kappa shape index (κ1) is 37.2. The summed E-state index contributed by atoms with van der Waals surface area (Å²) in [7, 11) is 0. The van der Waals surface area contributed by atoms with E-state index in [2.05, 4.69) is 16.7 Å². The molecule has 2 aromatic rings. The minimum absolute atomic E-state index is 0.0305. The maximum Gasteiger partial charge on any atom is 0.253 e. The van der Waals surface area contributed by atoms with Crippen LogP contribution in [0.3, 0.4) is 0 Å². The number of carbonyl (C=O) groups excluding carboxylic acids is 5. The van der Waals surface area contributed by atoms with E-state index in [0.717, 1.165) is 27.3 Å². The molecule has 0 radical (unpaired) electrons. The number of nitrogens with one attached hydrogen (secondary N) is 2. The Morgan fingerprint density at radius 2 is 1.29 bits per heavy atom. The minimum Gasteiger partial charge on any atom is -0.375 e. The van der Waals surface area contributed by atoms with Crippen LogP contribution in [-0.2, 0) is 40.0 Å². The number of fused-ring (bicyclic) bond motifs is 2. The van der Waals surface area contributed by atoms with Gasteiger partial charge in [-0.1, -0.05) is 54.6 Å². The second-order valence-electron chi connectivity index (χ2n) is 13.4. The van der Waals surface area contributed by atoms with Crippen molar-refractivity contribution in [3.05, 3.63) is 77.4 Å². The quantitative estimate of drug-likeness (QED) is 0.188. The molecule has 0 fully saturated rings. The third-order valence-corrected chi connectivity index (χ3v) is 8.55. The average molecular weight is 673 g/mol. The number of ether oxygens (including phenoxy) is 2. The molecule has 2 heterocycles. The van der Waals surface area contributed by atoms with Crippen LogP contribution in [0, 0.1) is 0 Å². The van der Waals surface area contributed by atoms with Crippen molar-refractivity contribution in [1.82, 2.24) is 15.5 Å². The summed E-state index contributed by atoms with van der Waals surface area (Å²) in [5.41, 5.74) is 2.92. The standard InChI is InChI=1S/C38H48N4O7/c1-37(2,48-25-21-38(3,4)49-26-23-40-33(44)19-24-41-34(45)15-16-35(41)46)20-17-32(43)39-22-18-36(47)42-27-30-11-6-5-9-28(30)13-14-29-10-7-8-12-31(29)42/h5-16H,17-27H2,1-4H3,(H,39,43)(H,40,44)/b14-13-. The molecule has 0 atom stereocenters. The van der Waals surface area contributed by atoms with Gasteiger partial charge in [0.15, 0.2) is 0 Å². The molecule has 2 aliphatic rings. The molecule has 0 saturated carbocycles. The highest BCUT2D eigenvalue weighted by Gasteiger charge is 2.26. The van der Waals surface area contributed by atoms with E-state index in [1.54, 1.807) is 4.90 Å². The summed E-state index contributed by atoms with van der Waals surface area (Å²) < 4.78 is 12.0. The van der Waals surface area contributed by atoms with Gasteiger partial charge in [-0.05, 0) is 63.3 Å². The van der Waals surface area contributed by atoms with Crippen LogP contribution in [0.2, 0.25) is 0 Å². The highest BCUT2D eigenvalue weighted by Crippen LogP contribution is 2.29. The predicted octanol–water partition coefficient (Wildman–Crippen LogP) is 4.40.